The van der Waals surface area contributed by atoms with E-state index in [0.29, 0.717) is 5.69 Å². The van der Waals surface area contributed by atoms with Crippen molar-refractivity contribution in [3.8, 4) is 5.69 Å². The summed E-state index contributed by atoms with van der Waals surface area (Å²) in [5.74, 6) is 0.102. The highest BCUT2D eigenvalue weighted by Crippen LogP contribution is 2.32. The first-order chi connectivity index (χ1) is 14.5. The fourth-order valence-electron chi connectivity index (χ4n) is 3.74. The Balaban J connectivity index is 1.57. The van der Waals surface area contributed by atoms with E-state index in [-0.39, 0.29) is 30.0 Å². The van der Waals surface area contributed by atoms with E-state index in [4.69, 9.17) is 0 Å². The third-order valence-electron chi connectivity index (χ3n) is 5.40. The van der Waals surface area contributed by atoms with Crippen molar-refractivity contribution in [3.63, 3.8) is 0 Å². The molecule has 7 heteroatoms. The van der Waals surface area contributed by atoms with Gasteiger partial charge in [-0.2, -0.15) is 0 Å². The van der Waals surface area contributed by atoms with E-state index >= 15 is 0 Å². The Bertz CT molecular complexity index is 1110. The van der Waals surface area contributed by atoms with E-state index < -0.39 is 0 Å². The lowest BCUT2D eigenvalue weighted by Crippen LogP contribution is -2.40. The number of carbonyl (C=O) groups excluding carboxylic acids is 2. The molecule has 1 aliphatic rings. The number of benzene rings is 2. The molecule has 1 N–H and O–H groups in total. The lowest BCUT2D eigenvalue weighted by molar-refractivity contribution is -0.117. The number of hydrogen-bond donors (Lipinski definition) is 1. The number of aryl methyl sites for hydroxylation is 1. The molecule has 1 unspecified atom stereocenters. The van der Waals surface area contributed by atoms with Crippen LogP contribution in [0.25, 0.3) is 5.69 Å². The lowest BCUT2D eigenvalue weighted by atomic mass is 10.1. The summed E-state index contributed by atoms with van der Waals surface area (Å²) in [6.07, 6.45) is 3.93. The van der Waals surface area contributed by atoms with Crippen LogP contribution in [0.1, 0.15) is 24.5 Å². The Morgan fingerprint density at radius 2 is 1.93 bits per heavy atom. The second-order valence-corrected chi connectivity index (χ2v) is 8.41. The van der Waals surface area contributed by atoms with Crippen LogP contribution in [0.3, 0.4) is 0 Å². The highest BCUT2D eigenvalue weighted by molar-refractivity contribution is 7.99. The standard InChI is InChI=1S/C23H24N4O2S/c1-15-7-6-10-19(17(15)3)26-12-11-24-23(26)30-14-22(29)27-16(2)13-21(28)25-18-8-4-5-9-20(18)27/h4-12,16H,13-14H2,1-3H3,(H,25,28). The maximum Gasteiger partial charge on any atom is 0.237 e. The van der Waals surface area contributed by atoms with Gasteiger partial charge in [0.15, 0.2) is 5.16 Å². The number of anilines is 2. The molecule has 0 bridgehead atoms. The number of imidazole rings is 1. The first-order valence-electron chi connectivity index (χ1n) is 9.89. The van der Waals surface area contributed by atoms with Gasteiger partial charge in [-0.25, -0.2) is 4.98 Å². The van der Waals surface area contributed by atoms with Crippen LogP contribution in [-0.2, 0) is 9.59 Å². The minimum atomic E-state index is -0.222. The predicted octanol–water partition coefficient (Wildman–Crippen LogP) is 4.35. The van der Waals surface area contributed by atoms with Gasteiger partial charge in [0, 0.05) is 24.9 Å². The van der Waals surface area contributed by atoms with Crippen molar-refractivity contribution in [2.45, 2.75) is 38.4 Å². The van der Waals surface area contributed by atoms with E-state index in [2.05, 4.69) is 36.3 Å². The van der Waals surface area contributed by atoms with Crippen LogP contribution in [0, 0.1) is 13.8 Å². The molecule has 2 heterocycles. The van der Waals surface area contributed by atoms with Crippen molar-refractivity contribution in [2.75, 3.05) is 16.0 Å². The van der Waals surface area contributed by atoms with Gasteiger partial charge >= 0.3 is 0 Å². The molecule has 154 valence electrons. The smallest absolute Gasteiger partial charge is 0.237 e. The van der Waals surface area contributed by atoms with Crippen molar-refractivity contribution in [3.05, 3.63) is 66.0 Å². The first-order valence-corrected chi connectivity index (χ1v) is 10.9. The number of rotatable bonds is 4. The van der Waals surface area contributed by atoms with E-state index in [1.807, 2.05) is 48.0 Å². The third-order valence-corrected chi connectivity index (χ3v) is 6.35. The van der Waals surface area contributed by atoms with Crippen LogP contribution in [0.15, 0.2) is 60.0 Å². The fourth-order valence-corrected chi connectivity index (χ4v) is 4.57. The average Bonchev–Trinajstić information content (AvgIpc) is 3.13. The molecule has 0 fully saturated rings. The molecule has 2 aromatic carbocycles. The van der Waals surface area contributed by atoms with Gasteiger partial charge in [-0.15, -0.1) is 0 Å². The Labute approximate surface area is 180 Å². The minimum absolute atomic E-state index is 0.0491. The van der Waals surface area contributed by atoms with Gasteiger partial charge in [0.1, 0.15) is 0 Å². The Kier molecular flexibility index (Phi) is 5.63. The monoisotopic (exact) mass is 420 g/mol. The zero-order valence-electron chi connectivity index (χ0n) is 17.3. The van der Waals surface area contributed by atoms with Gasteiger partial charge in [-0.05, 0) is 50.1 Å². The van der Waals surface area contributed by atoms with Gasteiger partial charge in [-0.1, -0.05) is 36.0 Å². The number of fused-ring (bicyclic) bond motifs is 1. The second kappa shape index (κ2) is 8.36. The summed E-state index contributed by atoms with van der Waals surface area (Å²) in [4.78, 5) is 31.6. The van der Waals surface area contributed by atoms with Gasteiger partial charge < -0.3 is 10.2 Å². The maximum absolute atomic E-state index is 13.2. The summed E-state index contributed by atoms with van der Waals surface area (Å²) in [5, 5.41) is 3.66. The summed E-state index contributed by atoms with van der Waals surface area (Å²) in [6.45, 7) is 6.07. The average molecular weight is 421 g/mol. The van der Waals surface area contributed by atoms with Crippen molar-refractivity contribution < 1.29 is 9.59 Å². The Hall–Kier alpha value is -3.06. The van der Waals surface area contributed by atoms with Crippen LogP contribution < -0.4 is 10.2 Å². The summed E-state index contributed by atoms with van der Waals surface area (Å²) < 4.78 is 2.02. The van der Waals surface area contributed by atoms with E-state index in [1.54, 1.807) is 11.1 Å². The van der Waals surface area contributed by atoms with Crippen LogP contribution >= 0.6 is 11.8 Å². The Morgan fingerprint density at radius 1 is 1.17 bits per heavy atom. The normalized spacial score (nSPS) is 16.0. The second-order valence-electron chi connectivity index (χ2n) is 7.47. The lowest BCUT2D eigenvalue weighted by Gasteiger charge is -2.27. The maximum atomic E-state index is 13.2. The zero-order chi connectivity index (χ0) is 21.3. The third kappa shape index (κ3) is 3.85. The molecule has 6 nitrogen and oxygen atoms in total. The number of nitrogens with zero attached hydrogens (tertiary/aromatic N) is 3. The molecule has 3 aromatic rings. The topological polar surface area (TPSA) is 67.2 Å². The number of thioether (sulfide) groups is 1. The highest BCUT2D eigenvalue weighted by Gasteiger charge is 2.29. The number of para-hydroxylation sites is 2. The van der Waals surface area contributed by atoms with Crippen molar-refractivity contribution in [1.29, 1.82) is 0 Å². The fraction of sp³-hybridized carbons (Fsp3) is 0.261. The molecule has 30 heavy (non-hydrogen) atoms. The summed E-state index contributed by atoms with van der Waals surface area (Å²) in [6, 6.07) is 13.4. The molecule has 0 aliphatic carbocycles. The molecular formula is C23H24N4O2S. The van der Waals surface area contributed by atoms with E-state index in [9.17, 15) is 9.59 Å². The van der Waals surface area contributed by atoms with Crippen LogP contribution in [0.2, 0.25) is 0 Å². The van der Waals surface area contributed by atoms with E-state index in [0.717, 1.165) is 16.5 Å². The largest absolute Gasteiger partial charge is 0.324 e. The molecular weight excluding hydrogens is 396 g/mol. The van der Waals surface area contributed by atoms with Crippen LogP contribution in [-0.4, -0.2) is 33.2 Å². The van der Waals surface area contributed by atoms with Crippen molar-refractivity contribution in [2.24, 2.45) is 0 Å². The van der Waals surface area contributed by atoms with Gasteiger partial charge in [0.2, 0.25) is 11.8 Å². The van der Waals surface area contributed by atoms with E-state index in [1.165, 1.54) is 22.9 Å². The molecule has 0 spiro atoms. The SMILES string of the molecule is Cc1cccc(-n2ccnc2SCC(=O)N2c3ccccc3NC(=O)CC2C)c1C. The van der Waals surface area contributed by atoms with Crippen LogP contribution in [0.5, 0.6) is 0 Å². The quantitative estimate of drug-likeness (QED) is 0.638. The zero-order valence-corrected chi connectivity index (χ0v) is 18.1. The number of nitrogens with one attached hydrogen (secondary N) is 1. The molecule has 0 saturated heterocycles. The molecule has 2 amide bonds. The molecule has 1 aromatic heterocycles. The summed E-state index contributed by atoms with van der Waals surface area (Å²) >= 11 is 1.40. The molecule has 1 atom stereocenters. The van der Waals surface area contributed by atoms with Gasteiger partial charge in [0.05, 0.1) is 22.8 Å². The van der Waals surface area contributed by atoms with Crippen molar-refractivity contribution in [1.82, 2.24) is 9.55 Å². The van der Waals surface area contributed by atoms with Crippen molar-refractivity contribution >= 4 is 35.0 Å². The number of carbonyl (C=O) groups is 2. The highest BCUT2D eigenvalue weighted by atomic mass is 32.2. The molecule has 0 radical (unpaired) electrons. The molecule has 0 saturated carbocycles. The molecule has 4 rings (SSSR count). The summed E-state index contributed by atoms with van der Waals surface area (Å²) in [5.41, 5.74) is 4.86. The number of aromatic nitrogens is 2. The Morgan fingerprint density at radius 3 is 2.77 bits per heavy atom. The van der Waals surface area contributed by atoms with Gasteiger partial charge in [-0.3, -0.25) is 14.2 Å². The summed E-state index contributed by atoms with van der Waals surface area (Å²) in [7, 11) is 0. The van der Waals surface area contributed by atoms with Crippen LogP contribution in [0.4, 0.5) is 11.4 Å². The minimum Gasteiger partial charge on any atom is -0.324 e. The first kappa shape index (κ1) is 20.2. The molecule has 1 aliphatic heterocycles. The number of hydrogen-bond acceptors (Lipinski definition) is 4. The predicted molar refractivity (Wildman–Crippen MR) is 120 cm³/mol. The number of amides is 2. The van der Waals surface area contributed by atoms with Gasteiger partial charge in [0.25, 0.3) is 0 Å².